The molecule has 27 heavy (non-hydrogen) atoms. The highest BCUT2D eigenvalue weighted by molar-refractivity contribution is 7.90. The van der Waals surface area contributed by atoms with E-state index >= 15 is 0 Å². The van der Waals surface area contributed by atoms with Gasteiger partial charge in [-0.1, -0.05) is 13.8 Å². The Balaban J connectivity index is 2.09. The number of sulfone groups is 1. The molecule has 2 atom stereocenters. The number of piperidine rings is 1. The first-order chi connectivity index (χ1) is 12.5. The van der Waals surface area contributed by atoms with Crippen molar-refractivity contribution in [2.45, 2.75) is 25.2 Å². The maximum absolute atomic E-state index is 12.2. The van der Waals surface area contributed by atoms with Crippen LogP contribution in [0.5, 0.6) is 0 Å². The number of nitro groups is 1. The van der Waals surface area contributed by atoms with E-state index < -0.39 is 37.9 Å². The lowest BCUT2D eigenvalue weighted by atomic mass is 9.92. The fraction of sp³-hybridized carbons (Fsp3) is 0.529. The van der Waals surface area contributed by atoms with Gasteiger partial charge in [0.1, 0.15) is 4.90 Å². The number of carbonyl (C=O) groups is 2. The molecule has 0 N–H and O–H groups in total. The van der Waals surface area contributed by atoms with Crippen molar-refractivity contribution in [2.24, 2.45) is 11.8 Å². The Morgan fingerprint density at radius 3 is 2.37 bits per heavy atom. The molecule has 1 fully saturated rings. The number of likely N-dealkylation sites (tertiary alicyclic amines) is 1. The van der Waals surface area contributed by atoms with E-state index in [1.807, 2.05) is 13.8 Å². The van der Waals surface area contributed by atoms with E-state index in [1.165, 1.54) is 0 Å². The topological polar surface area (TPSA) is 124 Å². The molecule has 9 nitrogen and oxygen atoms in total. The molecule has 1 aliphatic heterocycles. The molecule has 1 saturated heterocycles. The minimum Gasteiger partial charge on any atom is -0.452 e. The summed E-state index contributed by atoms with van der Waals surface area (Å²) in [6.07, 6.45) is 1.87. The third-order valence-corrected chi connectivity index (χ3v) is 5.48. The number of esters is 1. The second-order valence-electron chi connectivity index (χ2n) is 7.03. The summed E-state index contributed by atoms with van der Waals surface area (Å²) in [6.45, 7) is 4.80. The van der Waals surface area contributed by atoms with Gasteiger partial charge in [-0.05, 0) is 30.4 Å². The highest BCUT2D eigenvalue weighted by Gasteiger charge is 2.27. The van der Waals surface area contributed by atoms with Crippen LogP contribution in [0.25, 0.3) is 0 Å². The average molecular weight is 398 g/mol. The van der Waals surface area contributed by atoms with Crippen LogP contribution in [-0.4, -0.2) is 56.1 Å². The monoisotopic (exact) mass is 398 g/mol. The highest BCUT2D eigenvalue weighted by atomic mass is 32.2. The van der Waals surface area contributed by atoms with Crippen molar-refractivity contribution in [3.05, 3.63) is 33.9 Å². The second kappa shape index (κ2) is 8.03. The second-order valence-corrected chi connectivity index (χ2v) is 9.02. The molecule has 0 unspecified atom stereocenters. The predicted octanol–water partition coefficient (Wildman–Crippen LogP) is 1.66. The number of nitrogens with zero attached hydrogens (tertiary/aromatic N) is 2. The van der Waals surface area contributed by atoms with E-state index in [2.05, 4.69) is 0 Å². The summed E-state index contributed by atoms with van der Waals surface area (Å²) in [5, 5.41) is 11.1. The molecule has 1 aromatic rings. The summed E-state index contributed by atoms with van der Waals surface area (Å²) < 4.78 is 28.2. The van der Waals surface area contributed by atoms with Gasteiger partial charge >= 0.3 is 5.97 Å². The zero-order valence-electron chi connectivity index (χ0n) is 15.4. The largest absolute Gasteiger partial charge is 0.452 e. The minimum atomic E-state index is -3.83. The molecule has 0 aromatic heterocycles. The van der Waals surface area contributed by atoms with Gasteiger partial charge in [0.15, 0.2) is 16.4 Å². The maximum Gasteiger partial charge on any atom is 0.338 e. The Kier molecular flexibility index (Phi) is 6.19. The van der Waals surface area contributed by atoms with Crippen molar-refractivity contribution in [3.8, 4) is 0 Å². The number of hydrogen-bond donors (Lipinski definition) is 0. The fourth-order valence-corrected chi connectivity index (χ4v) is 4.10. The fourth-order valence-electron chi connectivity index (χ4n) is 3.27. The maximum atomic E-state index is 12.2. The zero-order valence-corrected chi connectivity index (χ0v) is 16.2. The van der Waals surface area contributed by atoms with Gasteiger partial charge < -0.3 is 9.64 Å². The molecule has 1 aliphatic rings. The van der Waals surface area contributed by atoms with E-state index in [1.54, 1.807) is 4.90 Å². The van der Waals surface area contributed by atoms with Gasteiger partial charge in [0, 0.05) is 25.4 Å². The highest BCUT2D eigenvalue weighted by Crippen LogP contribution is 2.25. The molecule has 148 valence electrons. The lowest BCUT2D eigenvalue weighted by Gasteiger charge is -2.34. The molecular weight excluding hydrogens is 376 g/mol. The number of benzene rings is 1. The van der Waals surface area contributed by atoms with Crippen molar-refractivity contribution in [2.75, 3.05) is 26.0 Å². The van der Waals surface area contributed by atoms with E-state index in [9.17, 15) is 28.1 Å². The Hall–Kier alpha value is -2.49. The Bertz CT molecular complexity index is 856. The number of amides is 1. The van der Waals surface area contributed by atoms with Crippen molar-refractivity contribution in [1.29, 1.82) is 0 Å². The molecule has 0 spiro atoms. The molecule has 0 saturated carbocycles. The van der Waals surface area contributed by atoms with Crippen molar-refractivity contribution in [1.82, 2.24) is 4.90 Å². The van der Waals surface area contributed by atoms with Crippen LogP contribution >= 0.6 is 0 Å². The molecule has 1 aromatic carbocycles. The van der Waals surface area contributed by atoms with Gasteiger partial charge in [-0.3, -0.25) is 14.9 Å². The lowest BCUT2D eigenvalue weighted by molar-refractivity contribution is -0.387. The van der Waals surface area contributed by atoms with Crippen molar-refractivity contribution in [3.63, 3.8) is 0 Å². The minimum absolute atomic E-state index is 0.192. The van der Waals surface area contributed by atoms with Crippen LogP contribution in [0, 0.1) is 22.0 Å². The molecular formula is C17H22N2O7S. The molecule has 2 rings (SSSR count). The lowest BCUT2D eigenvalue weighted by Crippen LogP contribution is -2.44. The van der Waals surface area contributed by atoms with Crippen LogP contribution in [0.2, 0.25) is 0 Å². The first-order valence-corrected chi connectivity index (χ1v) is 10.3. The molecule has 0 aliphatic carbocycles. The quantitative estimate of drug-likeness (QED) is 0.420. The van der Waals surface area contributed by atoms with Crippen molar-refractivity contribution < 1.29 is 27.7 Å². The van der Waals surface area contributed by atoms with Gasteiger partial charge in [-0.25, -0.2) is 13.2 Å². The van der Waals surface area contributed by atoms with E-state index in [0.717, 1.165) is 30.9 Å². The number of rotatable bonds is 5. The smallest absolute Gasteiger partial charge is 0.338 e. The average Bonchev–Trinajstić information content (AvgIpc) is 2.57. The number of hydrogen-bond acceptors (Lipinski definition) is 7. The van der Waals surface area contributed by atoms with Crippen LogP contribution in [0.1, 0.15) is 30.6 Å². The number of ether oxygens (including phenoxy) is 1. The molecule has 1 amide bonds. The first-order valence-electron chi connectivity index (χ1n) is 8.42. The molecule has 1 heterocycles. The Morgan fingerprint density at radius 1 is 1.26 bits per heavy atom. The molecule has 10 heteroatoms. The number of carbonyl (C=O) groups excluding carboxylic acids is 2. The molecule has 0 bridgehead atoms. The predicted molar refractivity (Wildman–Crippen MR) is 96.0 cm³/mol. The van der Waals surface area contributed by atoms with Gasteiger partial charge in [0.25, 0.3) is 11.6 Å². The zero-order chi connectivity index (χ0) is 20.4. The summed E-state index contributed by atoms with van der Waals surface area (Å²) in [4.78, 5) is 35.8. The SMILES string of the molecule is C[C@H]1C[C@H](C)CN(C(=O)COC(=O)c2ccc(S(C)(=O)=O)c([N+](=O)[O-])c2)C1. The van der Waals surface area contributed by atoms with Gasteiger partial charge in [-0.15, -0.1) is 0 Å². The standard InChI is InChI=1S/C17H22N2O7S/c1-11-6-12(2)9-18(8-11)16(20)10-26-17(21)13-4-5-15(27(3,24)25)14(7-13)19(22)23/h4-5,7,11-12H,6,8-10H2,1-3H3/t11-,12-/m0/s1. The van der Waals surface area contributed by atoms with E-state index in [-0.39, 0.29) is 11.5 Å². The summed E-state index contributed by atoms with van der Waals surface area (Å²) in [5.74, 6) is -0.534. The molecule has 0 radical (unpaired) electrons. The third kappa shape index (κ3) is 5.25. The Morgan fingerprint density at radius 2 is 1.85 bits per heavy atom. The van der Waals surface area contributed by atoms with Crippen molar-refractivity contribution >= 4 is 27.4 Å². The number of nitro benzene ring substituents is 1. The van der Waals surface area contributed by atoms with Gasteiger partial charge in [0.05, 0.1) is 10.5 Å². The summed E-state index contributed by atoms with van der Waals surface area (Å²) in [7, 11) is -3.83. The van der Waals surface area contributed by atoms with Gasteiger partial charge in [0.2, 0.25) is 0 Å². The summed E-state index contributed by atoms with van der Waals surface area (Å²) in [6, 6.07) is 2.95. The normalized spacial score (nSPS) is 20.2. The van der Waals surface area contributed by atoms with Crippen LogP contribution in [0.4, 0.5) is 5.69 Å². The van der Waals surface area contributed by atoms with E-state index in [0.29, 0.717) is 24.9 Å². The van der Waals surface area contributed by atoms with Crippen LogP contribution in [0.3, 0.4) is 0 Å². The van der Waals surface area contributed by atoms with Crippen LogP contribution in [-0.2, 0) is 19.4 Å². The first kappa shape index (κ1) is 20.8. The van der Waals surface area contributed by atoms with Crippen LogP contribution in [0.15, 0.2) is 23.1 Å². The van der Waals surface area contributed by atoms with Crippen LogP contribution < -0.4 is 0 Å². The summed E-state index contributed by atoms with van der Waals surface area (Å²) >= 11 is 0. The Labute approximate surface area is 157 Å². The van der Waals surface area contributed by atoms with E-state index in [4.69, 9.17) is 4.74 Å². The van der Waals surface area contributed by atoms with Gasteiger partial charge in [-0.2, -0.15) is 0 Å². The third-order valence-electron chi connectivity index (χ3n) is 4.34. The summed E-state index contributed by atoms with van der Waals surface area (Å²) in [5.41, 5.74) is -0.903.